The van der Waals surface area contributed by atoms with Gasteiger partial charge < -0.3 is 19.4 Å². The van der Waals surface area contributed by atoms with E-state index in [0.29, 0.717) is 18.9 Å². The molecular weight excluding hydrogens is 461 g/mol. The molecule has 0 aliphatic carbocycles. The van der Waals surface area contributed by atoms with Gasteiger partial charge in [0.15, 0.2) is 5.65 Å². The molecule has 1 aliphatic heterocycles. The standard InChI is InChI=1S/C24H21F3N6O2/c1-15-19(16-10-21(32-6-8-35-9-7-32)22-29-4-5-33(22)14-16)12-18(13-30-15)31-23(34)20-11-17(2-3-28-20)24(25,26)27/h2-5,10-14H,6-9H2,1H3,(H,31,34). The van der Waals surface area contributed by atoms with E-state index in [1.807, 2.05) is 29.8 Å². The minimum atomic E-state index is -4.57. The summed E-state index contributed by atoms with van der Waals surface area (Å²) >= 11 is 0. The molecule has 180 valence electrons. The second-order valence-electron chi connectivity index (χ2n) is 8.11. The predicted octanol–water partition coefficient (Wildman–Crippen LogP) is 4.21. The fraction of sp³-hybridized carbons (Fsp3) is 0.250. The van der Waals surface area contributed by atoms with Crippen LogP contribution in [0.1, 0.15) is 21.7 Å². The Hall–Kier alpha value is -3.99. The number of nitrogens with one attached hydrogen (secondary N) is 1. The van der Waals surface area contributed by atoms with E-state index >= 15 is 0 Å². The molecule has 35 heavy (non-hydrogen) atoms. The number of aryl methyl sites for hydroxylation is 1. The Balaban J connectivity index is 1.48. The summed E-state index contributed by atoms with van der Waals surface area (Å²) in [6, 6.07) is 5.31. The Kier molecular flexibility index (Phi) is 5.85. The summed E-state index contributed by atoms with van der Waals surface area (Å²) in [6.07, 6.45) is 3.37. The number of ether oxygens (including phenoxy) is 1. The fourth-order valence-corrected chi connectivity index (χ4v) is 4.02. The molecular formula is C24H21F3N6O2. The van der Waals surface area contributed by atoms with Crippen LogP contribution in [0.25, 0.3) is 16.8 Å². The first-order valence-electron chi connectivity index (χ1n) is 10.9. The summed E-state index contributed by atoms with van der Waals surface area (Å²) in [7, 11) is 0. The third kappa shape index (κ3) is 4.67. The molecule has 11 heteroatoms. The monoisotopic (exact) mass is 482 g/mol. The lowest BCUT2D eigenvalue weighted by Gasteiger charge is -2.29. The molecule has 1 aliphatic rings. The van der Waals surface area contributed by atoms with Crippen molar-refractivity contribution in [2.45, 2.75) is 13.1 Å². The molecule has 1 amide bonds. The molecule has 1 saturated heterocycles. The minimum absolute atomic E-state index is 0.337. The highest BCUT2D eigenvalue weighted by atomic mass is 19.4. The number of imidazole rings is 1. The van der Waals surface area contributed by atoms with Crippen molar-refractivity contribution in [2.24, 2.45) is 0 Å². The van der Waals surface area contributed by atoms with Gasteiger partial charge >= 0.3 is 6.18 Å². The van der Waals surface area contributed by atoms with Crippen molar-refractivity contribution in [1.29, 1.82) is 0 Å². The number of pyridine rings is 3. The molecule has 5 rings (SSSR count). The molecule has 4 aromatic rings. The van der Waals surface area contributed by atoms with Gasteiger partial charge in [-0.05, 0) is 31.2 Å². The van der Waals surface area contributed by atoms with E-state index in [2.05, 4.69) is 25.2 Å². The Morgan fingerprint density at radius 1 is 1.09 bits per heavy atom. The molecule has 0 saturated carbocycles. The quantitative estimate of drug-likeness (QED) is 0.469. The SMILES string of the molecule is Cc1ncc(NC(=O)c2cc(C(F)(F)F)ccn2)cc1-c1cc(N2CCOCC2)c2nccn2c1. The van der Waals surface area contributed by atoms with Gasteiger partial charge in [-0.25, -0.2) is 4.98 Å². The molecule has 0 atom stereocenters. The van der Waals surface area contributed by atoms with Gasteiger partial charge in [-0.15, -0.1) is 0 Å². The van der Waals surface area contributed by atoms with Crippen LogP contribution in [0.4, 0.5) is 24.5 Å². The maximum Gasteiger partial charge on any atom is 0.416 e. The third-order valence-corrected chi connectivity index (χ3v) is 5.80. The Bertz CT molecular complexity index is 1400. The number of rotatable bonds is 4. The van der Waals surface area contributed by atoms with Gasteiger partial charge in [-0.3, -0.25) is 14.8 Å². The highest BCUT2D eigenvalue weighted by Gasteiger charge is 2.31. The molecule has 1 fully saturated rings. The molecule has 0 radical (unpaired) electrons. The first-order valence-corrected chi connectivity index (χ1v) is 10.9. The number of hydrogen-bond donors (Lipinski definition) is 1. The van der Waals surface area contributed by atoms with Gasteiger partial charge in [0.2, 0.25) is 0 Å². The van der Waals surface area contributed by atoms with Crippen molar-refractivity contribution in [1.82, 2.24) is 19.4 Å². The number of amides is 1. The van der Waals surface area contributed by atoms with Crippen molar-refractivity contribution < 1.29 is 22.7 Å². The maximum atomic E-state index is 13.0. The number of hydrogen-bond acceptors (Lipinski definition) is 6. The van der Waals surface area contributed by atoms with Gasteiger partial charge in [0.05, 0.1) is 36.3 Å². The van der Waals surface area contributed by atoms with E-state index in [9.17, 15) is 18.0 Å². The average Bonchev–Trinajstić information content (AvgIpc) is 3.33. The summed E-state index contributed by atoms with van der Waals surface area (Å²) in [4.78, 5) is 27.5. The number of alkyl halides is 3. The second kappa shape index (κ2) is 8.99. The van der Waals surface area contributed by atoms with Crippen LogP contribution in [0, 0.1) is 6.92 Å². The highest BCUT2D eigenvalue weighted by Crippen LogP contribution is 2.32. The Labute approximate surface area is 198 Å². The molecule has 1 N–H and O–H groups in total. The van der Waals surface area contributed by atoms with Gasteiger partial charge in [-0.2, -0.15) is 13.2 Å². The molecule has 8 nitrogen and oxygen atoms in total. The van der Waals surface area contributed by atoms with Crippen LogP contribution in [0.5, 0.6) is 0 Å². The number of aromatic nitrogens is 4. The van der Waals surface area contributed by atoms with Gasteiger partial charge in [-0.1, -0.05) is 0 Å². The maximum absolute atomic E-state index is 13.0. The lowest BCUT2D eigenvalue weighted by Crippen LogP contribution is -2.36. The number of nitrogens with zero attached hydrogens (tertiary/aromatic N) is 5. The Morgan fingerprint density at radius 2 is 1.89 bits per heavy atom. The van der Waals surface area contributed by atoms with Crippen LogP contribution in [0.15, 0.2) is 55.2 Å². The normalized spacial score (nSPS) is 14.3. The van der Waals surface area contributed by atoms with Crippen LogP contribution in [-0.4, -0.2) is 51.6 Å². The number of fused-ring (bicyclic) bond motifs is 1. The number of morpholine rings is 1. The topological polar surface area (TPSA) is 84.7 Å². The van der Waals surface area contributed by atoms with Crippen molar-refractivity contribution in [3.05, 3.63) is 72.2 Å². The third-order valence-electron chi connectivity index (χ3n) is 5.80. The summed E-state index contributed by atoms with van der Waals surface area (Å²) in [5, 5.41) is 2.61. The number of carbonyl (C=O) groups is 1. The average molecular weight is 482 g/mol. The minimum Gasteiger partial charge on any atom is -0.378 e. The first kappa shape index (κ1) is 22.8. The molecule has 0 aromatic carbocycles. The number of carbonyl (C=O) groups excluding carboxylic acids is 1. The largest absolute Gasteiger partial charge is 0.416 e. The first-order chi connectivity index (χ1) is 16.8. The Morgan fingerprint density at radius 3 is 2.66 bits per heavy atom. The predicted molar refractivity (Wildman–Crippen MR) is 123 cm³/mol. The van der Waals surface area contributed by atoms with Crippen molar-refractivity contribution in [3.63, 3.8) is 0 Å². The lowest BCUT2D eigenvalue weighted by atomic mass is 10.0. The van der Waals surface area contributed by atoms with Crippen LogP contribution in [0.2, 0.25) is 0 Å². The van der Waals surface area contributed by atoms with E-state index in [1.165, 1.54) is 6.20 Å². The van der Waals surface area contributed by atoms with E-state index in [1.54, 1.807) is 12.3 Å². The van der Waals surface area contributed by atoms with E-state index in [0.717, 1.165) is 59.6 Å². The van der Waals surface area contributed by atoms with Crippen LogP contribution in [0.3, 0.4) is 0 Å². The lowest BCUT2D eigenvalue weighted by molar-refractivity contribution is -0.137. The van der Waals surface area contributed by atoms with Crippen molar-refractivity contribution in [2.75, 3.05) is 36.5 Å². The van der Waals surface area contributed by atoms with Crippen LogP contribution in [-0.2, 0) is 10.9 Å². The molecule has 0 bridgehead atoms. The number of anilines is 2. The van der Waals surface area contributed by atoms with E-state index in [4.69, 9.17) is 4.74 Å². The molecule has 4 aromatic heterocycles. The van der Waals surface area contributed by atoms with E-state index < -0.39 is 17.6 Å². The molecule has 0 unspecified atom stereocenters. The summed E-state index contributed by atoms with van der Waals surface area (Å²) in [5.41, 5.74) is 3.20. The fourth-order valence-electron chi connectivity index (χ4n) is 4.02. The number of halogens is 3. The smallest absolute Gasteiger partial charge is 0.378 e. The summed E-state index contributed by atoms with van der Waals surface area (Å²) in [5.74, 6) is -0.758. The second-order valence-corrected chi connectivity index (χ2v) is 8.11. The summed E-state index contributed by atoms with van der Waals surface area (Å²) in [6.45, 7) is 4.58. The molecule has 0 spiro atoms. The van der Waals surface area contributed by atoms with Crippen LogP contribution >= 0.6 is 0 Å². The van der Waals surface area contributed by atoms with E-state index in [-0.39, 0.29) is 5.69 Å². The van der Waals surface area contributed by atoms with Gasteiger partial charge in [0, 0.05) is 54.7 Å². The molecule has 5 heterocycles. The summed E-state index contributed by atoms with van der Waals surface area (Å²) < 4.78 is 46.4. The highest BCUT2D eigenvalue weighted by molar-refractivity contribution is 6.03. The zero-order valence-electron chi connectivity index (χ0n) is 18.7. The van der Waals surface area contributed by atoms with Crippen LogP contribution < -0.4 is 10.2 Å². The van der Waals surface area contributed by atoms with Gasteiger partial charge in [0.25, 0.3) is 5.91 Å². The van der Waals surface area contributed by atoms with Gasteiger partial charge in [0.1, 0.15) is 5.69 Å². The zero-order valence-corrected chi connectivity index (χ0v) is 18.7. The van der Waals surface area contributed by atoms with Crippen molar-refractivity contribution >= 4 is 22.9 Å². The zero-order chi connectivity index (χ0) is 24.6. The van der Waals surface area contributed by atoms with Crippen molar-refractivity contribution in [3.8, 4) is 11.1 Å².